The molecule has 0 aliphatic heterocycles. The third-order valence-electron chi connectivity index (χ3n) is 1.51. The topological polar surface area (TPSA) is 95.6 Å². The summed E-state index contributed by atoms with van der Waals surface area (Å²) in [5, 5.41) is 19.7. The van der Waals surface area contributed by atoms with Gasteiger partial charge in [0.15, 0.2) is 6.29 Å². The van der Waals surface area contributed by atoms with Gasteiger partial charge in [-0.1, -0.05) is 6.58 Å². The van der Waals surface area contributed by atoms with Crippen molar-refractivity contribution in [3.05, 3.63) is 12.2 Å². The van der Waals surface area contributed by atoms with Crippen molar-refractivity contribution in [2.45, 2.75) is 19.1 Å². The Hall–Kier alpha value is -0.910. The zero-order chi connectivity index (χ0) is 10.3. The minimum absolute atomic E-state index is 0.128. The van der Waals surface area contributed by atoms with Crippen molar-refractivity contribution in [3.63, 3.8) is 0 Å². The van der Waals surface area contributed by atoms with Crippen molar-refractivity contribution >= 4 is 5.91 Å². The second-order valence-corrected chi connectivity index (χ2v) is 2.76. The number of primary amides is 1. The van der Waals surface area contributed by atoms with E-state index in [1.165, 1.54) is 0 Å². The van der Waals surface area contributed by atoms with E-state index in [1.807, 2.05) is 0 Å². The van der Waals surface area contributed by atoms with E-state index in [4.69, 9.17) is 15.9 Å². The Bertz CT molecular complexity index is 180. The van der Waals surface area contributed by atoms with Crippen LogP contribution in [0.2, 0.25) is 0 Å². The van der Waals surface area contributed by atoms with Crippen LogP contribution in [-0.4, -0.2) is 35.5 Å². The van der Waals surface area contributed by atoms with Crippen LogP contribution < -0.4 is 11.1 Å². The lowest BCUT2D eigenvalue weighted by molar-refractivity contribution is -0.114. The number of amides is 1. The minimum Gasteiger partial charge on any atom is -0.367 e. The maximum atomic E-state index is 10.5. The number of hydrogen-bond acceptors (Lipinski definition) is 4. The third kappa shape index (κ3) is 7.45. The van der Waals surface area contributed by atoms with E-state index in [0.717, 1.165) is 0 Å². The highest BCUT2D eigenvalue weighted by molar-refractivity contribution is 5.91. The predicted octanol–water partition coefficient (Wildman–Crippen LogP) is -1.29. The van der Waals surface area contributed by atoms with E-state index < -0.39 is 12.2 Å². The van der Waals surface area contributed by atoms with Crippen molar-refractivity contribution < 1.29 is 15.0 Å². The third-order valence-corrected chi connectivity index (χ3v) is 1.51. The van der Waals surface area contributed by atoms with Crippen LogP contribution in [0.25, 0.3) is 0 Å². The smallest absolute Gasteiger partial charge is 0.244 e. The summed E-state index contributed by atoms with van der Waals surface area (Å²) >= 11 is 0. The number of carbonyl (C=O) groups is 1. The zero-order valence-electron chi connectivity index (χ0n) is 7.49. The summed E-state index contributed by atoms with van der Waals surface area (Å²) in [6.45, 7) is 4.22. The van der Waals surface area contributed by atoms with Gasteiger partial charge in [0.25, 0.3) is 0 Å². The Kier molecular flexibility index (Phi) is 6.13. The average molecular weight is 188 g/mol. The molecule has 0 fully saturated rings. The highest BCUT2D eigenvalue weighted by Crippen LogP contribution is 1.99. The lowest BCUT2D eigenvalue weighted by atomic mass is 10.1. The van der Waals surface area contributed by atoms with Gasteiger partial charge >= 0.3 is 0 Å². The molecule has 0 bridgehead atoms. The summed E-state index contributed by atoms with van der Waals surface area (Å²) in [6.07, 6.45) is -0.0995. The number of nitrogens with two attached hydrogens (primary N) is 1. The first-order valence-corrected chi connectivity index (χ1v) is 4.08. The number of aliphatic hydroxyl groups is 2. The predicted molar refractivity (Wildman–Crippen MR) is 48.7 cm³/mol. The maximum Gasteiger partial charge on any atom is 0.244 e. The van der Waals surface area contributed by atoms with Gasteiger partial charge in [-0.25, -0.2) is 0 Å². The largest absolute Gasteiger partial charge is 0.367 e. The van der Waals surface area contributed by atoms with Gasteiger partial charge in [-0.2, -0.15) is 0 Å². The molecule has 0 atom stereocenters. The molecule has 0 saturated carbocycles. The maximum absolute atomic E-state index is 10.5. The quantitative estimate of drug-likeness (QED) is 0.227. The Morgan fingerprint density at radius 2 is 2.15 bits per heavy atom. The molecule has 5 nitrogen and oxygen atoms in total. The molecule has 0 spiro atoms. The molecule has 0 rings (SSSR count). The van der Waals surface area contributed by atoms with E-state index in [2.05, 4.69) is 11.9 Å². The van der Waals surface area contributed by atoms with Crippen molar-refractivity contribution in [1.82, 2.24) is 5.32 Å². The standard InChI is InChI=1S/C8H16N2O3/c1-6(8(9)13)3-2-4-10-5-7(11)12/h7,10-12H,1-5H2,(H2,9,13). The fourth-order valence-electron chi connectivity index (χ4n) is 0.781. The number of carbonyl (C=O) groups excluding carboxylic acids is 1. The van der Waals surface area contributed by atoms with Gasteiger partial charge < -0.3 is 21.3 Å². The summed E-state index contributed by atoms with van der Waals surface area (Å²) in [5.74, 6) is -0.484. The molecule has 0 aliphatic carbocycles. The minimum atomic E-state index is -1.33. The van der Waals surface area contributed by atoms with Gasteiger partial charge in [-0.15, -0.1) is 0 Å². The van der Waals surface area contributed by atoms with E-state index in [1.54, 1.807) is 0 Å². The molecule has 0 saturated heterocycles. The van der Waals surface area contributed by atoms with Crippen molar-refractivity contribution in [2.75, 3.05) is 13.1 Å². The van der Waals surface area contributed by atoms with Crippen molar-refractivity contribution in [2.24, 2.45) is 5.73 Å². The summed E-state index contributed by atoms with van der Waals surface area (Å²) in [4.78, 5) is 10.5. The molecule has 0 aromatic rings. The first kappa shape index (κ1) is 12.1. The van der Waals surface area contributed by atoms with E-state index in [0.29, 0.717) is 25.0 Å². The molecule has 5 heteroatoms. The van der Waals surface area contributed by atoms with Crippen LogP contribution in [0.15, 0.2) is 12.2 Å². The second kappa shape index (κ2) is 6.59. The molecule has 0 radical (unpaired) electrons. The normalized spacial score (nSPS) is 10.4. The summed E-state index contributed by atoms with van der Waals surface area (Å²) in [5.41, 5.74) is 5.35. The van der Waals surface area contributed by atoms with Crippen LogP contribution in [0.1, 0.15) is 12.8 Å². The number of hydrogen-bond donors (Lipinski definition) is 4. The number of nitrogens with one attached hydrogen (secondary N) is 1. The molecular weight excluding hydrogens is 172 g/mol. The van der Waals surface area contributed by atoms with Gasteiger partial charge in [0.2, 0.25) is 5.91 Å². The molecule has 1 amide bonds. The van der Waals surface area contributed by atoms with Gasteiger partial charge in [0.05, 0.1) is 0 Å². The van der Waals surface area contributed by atoms with Gasteiger partial charge in [0, 0.05) is 12.1 Å². The summed E-state index contributed by atoms with van der Waals surface area (Å²) < 4.78 is 0. The molecule has 0 unspecified atom stereocenters. The van der Waals surface area contributed by atoms with Crippen LogP contribution in [-0.2, 0) is 4.79 Å². The Morgan fingerprint density at radius 3 is 2.62 bits per heavy atom. The van der Waals surface area contributed by atoms with E-state index in [-0.39, 0.29) is 6.54 Å². The van der Waals surface area contributed by atoms with Gasteiger partial charge in [-0.3, -0.25) is 4.79 Å². The van der Waals surface area contributed by atoms with Crippen LogP contribution in [0, 0.1) is 0 Å². The molecule has 0 heterocycles. The van der Waals surface area contributed by atoms with Crippen LogP contribution >= 0.6 is 0 Å². The fraction of sp³-hybridized carbons (Fsp3) is 0.625. The second-order valence-electron chi connectivity index (χ2n) is 2.76. The van der Waals surface area contributed by atoms with Gasteiger partial charge in [0.1, 0.15) is 0 Å². The fourth-order valence-corrected chi connectivity index (χ4v) is 0.781. The van der Waals surface area contributed by atoms with Gasteiger partial charge in [-0.05, 0) is 19.4 Å². The van der Waals surface area contributed by atoms with Crippen LogP contribution in [0.3, 0.4) is 0 Å². The highest BCUT2D eigenvalue weighted by atomic mass is 16.5. The Labute approximate surface area is 77.2 Å². The monoisotopic (exact) mass is 188 g/mol. The molecule has 13 heavy (non-hydrogen) atoms. The summed E-state index contributed by atoms with van der Waals surface area (Å²) in [7, 11) is 0. The lowest BCUT2D eigenvalue weighted by Gasteiger charge is -2.05. The van der Waals surface area contributed by atoms with Crippen molar-refractivity contribution in [1.29, 1.82) is 0 Å². The van der Waals surface area contributed by atoms with E-state index in [9.17, 15) is 4.79 Å². The number of aliphatic hydroxyl groups excluding tert-OH is 1. The molecular formula is C8H16N2O3. The molecule has 5 N–H and O–H groups in total. The Balaban J connectivity index is 3.26. The lowest BCUT2D eigenvalue weighted by Crippen LogP contribution is -2.27. The zero-order valence-corrected chi connectivity index (χ0v) is 7.49. The highest BCUT2D eigenvalue weighted by Gasteiger charge is 2.00. The molecule has 76 valence electrons. The first-order valence-electron chi connectivity index (χ1n) is 4.08. The molecule has 0 aliphatic rings. The Morgan fingerprint density at radius 1 is 1.54 bits per heavy atom. The SMILES string of the molecule is C=C(CCCNCC(O)O)C(N)=O. The number of rotatable bonds is 7. The van der Waals surface area contributed by atoms with E-state index >= 15 is 0 Å². The van der Waals surface area contributed by atoms with Crippen LogP contribution in [0.4, 0.5) is 0 Å². The molecule has 0 aromatic heterocycles. The first-order chi connectivity index (χ1) is 6.04. The van der Waals surface area contributed by atoms with Crippen molar-refractivity contribution in [3.8, 4) is 0 Å². The molecule has 0 aromatic carbocycles. The average Bonchev–Trinajstić information content (AvgIpc) is 2.02. The summed E-state index contributed by atoms with van der Waals surface area (Å²) in [6, 6.07) is 0. The van der Waals surface area contributed by atoms with Crippen LogP contribution in [0.5, 0.6) is 0 Å².